The fourth-order valence-corrected chi connectivity index (χ4v) is 4.57. The second-order valence-corrected chi connectivity index (χ2v) is 8.84. The number of methoxy groups -OCH3 is 1. The van der Waals surface area contributed by atoms with E-state index in [-0.39, 0.29) is 24.3 Å². The molecule has 6 heteroatoms. The van der Waals surface area contributed by atoms with Gasteiger partial charge in [0.1, 0.15) is 5.75 Å². The van der Waals surface area contributed by atoms with Gasteiger partial charge in [-0.2, -0.15) is 0 Å². The SMILES string of the molecule is COc1ccc(C(CNC(=O)CC(NC(=O)c2ccccc2)c2ccccc2)N2CCCC2)cc1. The van der Waals surface area contributed by atoms with Crippen molar-refractivity contribution in [2.75, 3.05) is 26.7 Å². The summed E-state index contributed by atoms with van der Waals surface area (Å²) in [6, 6.07) is 26.5. The van der Waals surface area contributed by atoms with Crippen molar-refractivity contribution < 1.29 is 14.3 Å². The smallest absolute Gasteiger partial charge is 0.251 e. The van der Waals surface area contributed by atoms with Gasteiger partial charge >= 0.3 is 0 Å². The molecule has 0 bridgehead atoms. The van der Waals surface area contributed by atoms with Crippen molar-refractivity contribution in [2.24, 2.45) is 0 Å². The standard InChI is InChI=1S/C29H33N3O3/c1-35-25-16-14-23(15-17-25)27(32-18-8-9-19-32)21-30-28(33)20-26(22-10-4-2-5-11-22)31-29(34)24-12-6-3-7-13-24/h2-7,10-17,26-27H,8-9,18-21H2,1H3,(H,30,33)(H,31,34). The quantitative estimate of drug-likeness (QED) is 0.457. The van der Waals surface area contributed by atoms with E-state index in [4.69, 9.17) is 4.74 Å². The zero-order chi connectivity index (χ0) is 24.5. The molecule has 2 amide bonds. The fourth-order valence-electron chi connectivity index (χ4n) is 4.57. The minimum atomic E-state index is -0.421. The summed E-state index contributed by atoms with van der Waals surface area (Å²) < 4.78 is 5.30. The molecule has 1 heterocycles. The lowest BCUT2D eigenvalue weighted by Crippen LogP contribution is -2.39. The van der Waals surface area contributed by atoms with Crippen molar-refractivity contribution in [1.29, 1.82) is 0 Å². The maximum Gasteiger partial charge on any atom is 0.251 e. The van der Waals surface area contributed by atoms with Crippen LogP contribution in [0.15, 0.2) is 84.9 Å². The highest BCUT2D eigenvalue weighted by atomic mass is 16.5. The lowest BCUT2D eigenvalue weighted by Gasteiger charge is -2.28. The Bertz CT molecular complexity index is 1080. The van der Waals surface area contributed by atoms with E-state index in [1.54, 1.807) is 19.2 Å². The van der Waals surface area contributed by atoms with Gasteiger partial charge in [-0.1, -0.05) is 60.7 Å². The first-order chi connectivity index (χ1) is 17.1. The molecule has 3 aromatic carbocycles. The Morgan fingerprint density at radius 3 is 2.11 bits per heavy atom. The van der Waals surface area contributed by atoms with Gasteiger partial charge in [0, 0.05) is 12.1 Å². The van der Waals surface area contributed by atoms with Crippen LogP contribution in [0.1, 0.15) is 52.8 Å². The Hall–Kier alpha value is -3.64. The van der Waals surface area contributed by atoms with Gasteiger partial charge < -0.3 is 15.4 Å². The molecule has 4 rings (SSSR count). The molecule has 0 aliphatic carbocycles. The van der Waals surface area contributed by atoms with Crippen molar-refractivity contribution in [1.82, 2.24) is 15.5 Å². The number of amides is 2. The van der Waals surface area contributed by atoms with E-state index in [0.29, 0.717) is 12.1 Å². The lowest BCUT2D eigenvalue weighted by atomic mass is 10.0. The highest BCUT2D eigenvalue weighted by Crippen LogP contribution is 2.26. The summed E-state index contributed by atoms with van der Waals surface area (Å²) in [6.07, 6.45) is 2.50. The molecular weight excluding hydrogens is 438 g/mol. The van der Waals surface area contributed by atoms with E-state index in [1.807, 2.05) is 60.7 Å². The third kappa shape index (κ3) is 6.70. The molecule has 1 saturated heterocycles. The molecule has 1 aliphatic heterocycles. The highest BCUT2D eigenvalue weighted by molar-refractivity contribution is 5.94. The highest BCUT2D eigenvalue weighted by Gasteiger charge is 2.25. The number of hydrogen-bond donors (Lipinski definition) is 2. The van der Waals surface area contributed by atoms with Crippen molar-refractivity contribution in [3.05, 3.63) is 102 Å². The second-order valence-electron chi connectivity index (χ2n) is 8.84. The molecule has 2 N–H and O–H groups in total. The number of nitrogens with one attached hydrogen (secondary N) is 2. The number of nitrogens with zero attached hydrogens (tertiary/aromatic N) is 1. The largest absolute Gasteiger partial charge is 0.497 e. The number of carbonyl (C=O) groups excluding carboxylic acids is 2. The molecule has 1 aliphatic rings. The summed E-state index contributed by atoms with van der Waals surface area (Å²) in [7, 11) is 1.66. The molecule has 0 spiro atoms. The predicted molar refractivity (Wildman–Crippen MR) is 137 cm³/mol. The van der Waals surface area contributed by atoms with Crippen LogP contribution in [-0.2, 0) is 4.79 Å². The number of carbonyl (C=O) groups is 2. The molecule has 2 unspecified atom stereocenters. The van der Waals surface area contributed by atoms with Crippen LogP contribution in [0.2, 0.25) is 0 Å². The summed E-state index contributed by atoms with van der Waals surface area (Å²) in [5.74, 6) is 0.531. The number of ether oxygens (including phenoxy) is 1. The van der Waals surface area contributed by atoms with Gasteiger partial charge in [0.05, 0.1) is 25.6 Å². The number of likely N-dealkylation sites (tertiary alicyclic amines) is 1. The van der Waals surface area contributed by atoms with E-state index in [1.165, 1.54) is 12.8 Å². The predicted octanol–water partition coefficient (Wildman–Crippen LogP) is 4.51. The first-order valence-electron chi connectivity index (χ1n) is 12.2. The van der Waals surface area contributed by atoms with Crippen molar-refractivity contribution in [2.45, 2.75) is 31.3 Å². The lowest BCUT2D eigenvalue weighted by molar-refractivity contribution is -0.121. The van der Waals surface area contributed by atoms with E-state index in [2.05, 4.69) is 27.7 Å². The monoisotopic (exact) mass is 471 g/mol. The van der Waals surface area contributed by atoms with E-state index in [9.17, 15) is 9.59 Å². The van der Waals surface area contributed by atoms with Crippen molar-refractivity contribution >= 4 is 11.8 Å². The van der Waals surface area contributed by atoms with Crippen LogP contribution in [0.5, 0.6) is 5.75 Å². The molecule has 3 aromatic rings. The van der Waals surface area contributed by atoms with Gasteiger partial charge in [-0.25, -0.2) is 0 Å². The van der Waals surface area contributed by atoms with Gasteiger partial charge in [0.15, 0.2) is 0 Å². The van der Waals surface area contributed by atoms with E-state index >= 15 is 0 Å². The first-order valence-corrected chi connectivity index (χ1v) is 12.2. The number of hydrogen-bond acceptors (Lipinski definition) is 4. The Morgan fingerprint density at radius 2 is 1.49 bits per heavy atom. The molecule has 6 nitrogen and oxygen atoms in total. The fraction of sp³-hybridized carbons (Fsp3) is 0.310. The van der Waals surface area contributed by atoms with Gasteiger partial charge in [0.2, 0.25) is 5.91 Å². The van der Waals surface area contributed by atoms with Gasteiger partial charge in [-0.3, -0.25) is 14.5 Å². The van der Waals surface area contributed by atoms with Crippen LogP contribution >= 0.6 is 0 Å². The normalized spacial score (nSPS) is 15.2. The summed E-state index contributed by atoms with van der Waals surface area (Å²) in [5.41, 5.74) is 2.63. The zero-order valence-electron chi connectivity index (χ0n) is 20.2. The van der Waals surface area contributed by atoms with E-state index < -0.39 is 6.04 Å². The minimum Gasteiger partial charge on any atom is -0.497 e. The van der Waals surface area contributed by atoms with E-state index in [0.717, 1.165) is 30.0 Å². The van der Waals surface area contributed by atoms with Crippen LogP contribution in [0, 0.1) is 0 Å². The Kier molecular flexibility index (Phi) is 8.52. The van der Waals surface area contributed by atoms with Crippen molar-refractivity contribution in [3.63, 3.8) is 0 Å². The molecule has 2 atom stereocenters. The topological polar surface area (TPSA) is 70.7 Å². The van der Waals surface area contributed by atoms with Crippen LogP contribution in [0.25, 0.3) is 0 Å². The summed E-state index contributed by atoms with van der Waals surface area (Å²) in [6.45, 7) is 2.55. The maximum atomic E-state index is 13.1. The maximum absolute atomic E-state index is 13.1. The van der Waals surface area contributed by atoms with Crippen LogP contribution in [0.3, 0.4) is 0 Å². The van der Waals surface area contributed by atoms with Crippen LogP contribution in [0.4, 0.5) is 0 Å². The number of rotatable bonds is 10. The first kappa shape index (κ1) is 24.5. The third-order valence-corrected chi connectivity index (χ3v) is 6.51. The Morgan fingerprint density at radius 1 is 0.857 bits per heavy atom. The average Bonchev–Trinajstić information content (AvgIpc) is 3.44. The Balaban J connectivity index is 1.44. The summed E-state index contributed by atoms with van der Waals surface area (Å²) >= 11 is 0. The molecule has 182 valence electrons. The second kappa shape index (κ2) is 12.2. The van der Waals surface area contributed by atoms with Gasteiger partial charge in [-0.15, -0.1) is 0 Å². The molecule has 35 heavy (non-hydrogen) atoms. The molecule has 0 radical (unpaired) electrons. The van der Waals surface area contributed by atoms with Crippen LogP contribution in [-0.4, -0.2) is 43.5 Å². The molecular formula is C29H33N3O3. The summed E-state index contributed by atoms with van der Waals surface area (Å²) in [5, 5.41) is 6.18. The van der Waals surface area contributed by atoms with Crippen LogP contribution < -0.4 is 15.4 Å². The minimum absolute atomic E-state index is 0.0927. The third-order valence-electron chi connectivity index (χ3n) is 6.51. The molecule has 0 aromatic heterocycles. The van der Waals surface area contributed by atoms with Gasteiger partial charge in [0.25, 0.3) is 5.91 Å². The average molecular weight is 472 g/mol. The molecule has 1 fully saturated rings. The summed E-state index contributed by atoms with van der Waals surface area (Å²) in [4.78, 5) is 28.3. The Labute approximate surface area is 207 Å². The van der Waals surface area contributed by atoms with Crippen molar-refractivity contribution in [3.8, 4) is 5.75 Å². The number of benzene rings is 3. The zero-order valence-corrected chi connectivity index (χ0v) is 20.2. The van der Waals surface area contributed by atoms with Gasteiger partial charge in [-0.05, 0) is 61.3 Å². The molecule has 0 saturated carbocycles.